The maximum atomic E-state index is 12.0. The fraction of sp³-hybridized carbons (Fsp3) is 0.235. The number of amides is 1. The first kappa shape index (κ1) is 17.1. The van der Waals surface area contributed by atoms with Crippen molar-refractivity contribution in [3.8, 4) is 11.5 Å². The molecule has 5 nitrogen and oxygen atoms in total. The van der Waals surface area contributed by atoms with Gasteiger partial charge in [0.1, 0.15) is 11.5 Å². The van der Waals surface area contributed by atoms with Crippen LogP contribution in [0.3, 0.4) is 0 Å². The highest BCUT2D eigenvalue weighted by Gasteiger charge is 2.08. The molecule has 2 rings (SSSR count). The number of anilines is 2. The van der Waals surface area contributed by atoms with E-state index in [1.807, 2.05) is 24.3 Å². The summed E-state index contributed by atoms with van der Waals surface area (Å²) in [7, 11) is 3.14. The lowest BCUT2D eigenvalue weighted by Gasteiger charge is -2.12. The summed E-state index contributed by atoms with van der Waals surface area (Å²) in [4.78, 5) is 12.0. The largest absolute Gasteiger partial charge is 0.497 e. The minimum Gasteiger partial charge on any atom is -0.497 e. The van der Waals surface area contributed by atoms with Crippen molar-refractivity contribution in [2.45, 2.75) is 6.42 Å². The Morgan fingerprint density at radius 3 is 2.48 bits per heavy atom. The second-order valence-electron chi connectivity index (χ2n) is 4.80. The van der Waals surface area contributed by atoms with Gasteiger partial charge >= 0.3 is 0 Å². The molecule has 0 radical (unpaired) electrons. The van der Waals surface area contributed by atoms with E-state index >= 15 is 0 Å². The average Bonchev–Trinajstić information content (AvgIpc) is 2.57. The Hall–Kier alpha value is -2.21. The monoisotopic (exact) mass is 378 g/mol. The van der Waals surface area contributed by atoms with Gasteiger partial charge in [-0.15, -0.1) is 0 Å². The summed E-state index contributed by atoms with van der Waals surface area (Å²) in [6.45, 7) is 0.548. The topological polar surface area (TPSA) is 59.6 Å². The van der Waals surface area contributed by atoms with E-state index in [-0.39, 0.29) is 5.91 Å². The highest BCUT2D eigenvalue weighted by Crippen LogP contribution is 2.29. The van der Waals surface area contributed by atoms with E-state index in [0.717, 1.165) is 10.2 Å². The summed E-state index contributed by atoms with van der Waals surface area (Å²) in [5.41, 5.74) is 1.60. The number of nitrogens with one attached hydrogen (secondary N) is 2. The molecule has 0 atom stereocenters. The second kappa shape index (κ2) is 8.43. The van der Waals surface area contributed by atoms with Crippen LogP contribution in [0.25, 0.3) is 0 Å². The van der Waals surface area contributed by atoms with Gasteiger partial charge in [0.05, 0.1) is 19.9 Å². The van der Waals surface area contributed by atoms with Gasteiger partial charge in [-0.05, 0) is 36.4 Å². The van der Waals surface area contributed by atoms with Crippen LogP contribution in [0.2, 0.25) is 0 Å². The Morgan fingerprint density at radius 2 is 1.83 bits per heavy atom. The first-order valence-electron chi connectivity index (χ1n) is 7.13. The van der Waals surface area contributed by atoms with Crippen LogP contribution >= 0.6 is 15.9 Å². The molecule has 6 heteroatoms. The molecule has 0 aliphatic heterocycles. The molecule has 0 aliphatic rings. The van der Waals surface area contributed by atoms with Crippen LogP contribution in [0.15, 0.2) is 46.9 Å². The van der Waals surface area contributed by atoms with Gasteiger partial charge in [-0.25, -0.2) is 0 Å². The molecular weight excluding hydrogens is 360 g/mol. The van der Waals surface area contributed by atoms with Crippen LogP contribution in [0.4, 0.5) is 11.4 Å². The van der Waals surface area contributed by atoms with Gasteiger partial charge in [0.15, 0.2) is 0 Å². The van der Waals surface area contributed by atoms with E-state index in [1.54, 1.807) is 32.4 Å². The molecule has 0 heterocycles. The van der Waals surface area contributed by atoms with Gasteiger partial charge in [0.25, 0.3) is 0 Å². The fourth-order valence-electron chi connectivity index (χ4n) is 2.00. The van der Waals surface area contributed by atoms with E-state index in [1.165, 1.54) is 0 Å². The lowest BCUT2D eigenvalue weighted by atomic mass is 10.2. The highest BCUT2D eigenvalue weighted by molar-refractivity contribution is 9.10. The number of halogens is 1. The third kappa shape index (κ3) is 5.17. The predicted molar refractivity (Wildman–Crippen MR) is 95.4 cm³/mol. The minimum absolute atomic E-state index is 0.0851. The van der Waals surface area contributed by atoms with Crippen molar-refractivity contribution in [2.75, 3.05) is 31.4 Å². The first-order chi connectivity index (χ1) is 11.1. The summed E-state index contributed by atoms with van der Waals surface area (Å²) < 4.78 is 11.4. The number of methoxy groups -OCH3 is 2. The van der Waals surface area contributed by atoms with Gasteiger partial charge in [-0.1, -0.05) is 15.9 Å². The zero-order chi connectivity index (χ0) is 16.7. The minimum atomic E-state index is -0.0851. The van der Waals surface area contributed by atoms with Crippen molar-refractivity contribution >= 4 is 33.2 Å². The Labute approximate surface area is 144 Å². The van der Waals surface area contributed by atoms with E-state index in [4.69, 9.17) is 9.47 Å². The smallest absolute Gasteiger partial charge is 0.226 e. The molecule has 2 aromatic rings. The molecule has 0 fully saturated rings. The standard InChI is InChI=1S/C17H19BrN2O3/c1-22-14-7-8-15(16(11-14)23-2)20-17(21)9-10-19-13-5-3-12(18)4-6-13/h3-8,11,19H,9-10H2,1-2H3,(H,20,21). The number of benzene rings is 2. The lowest BCUT2D eigenvalue weighted by Crippen LogP contribution is -2.16. The molecule has 122 valence electrons. The van der Waals surface area contributed by atoms with Crippen LogP contribution in [0.5, 0.6) is 11.5 Å². The van der Waals surface area contributed by atoms with E-state index < -0.39 is 0 Å². The molecule has 1 amide bonds. The highest BCUT2D eigenvalue weighted by atomic mass is 79.9. The predicted octanol–water partition coefficient (Wildman–Crippen LogP) is 3.91. The summed E-state index contributed by atoms with van der Waals surface area (Å²) in [6, 6.07) is 13.1. The molecule has 23 heavy (non-hydrogen) atoms. The first-order valence-corrected chi connectivity index (χ1v) is 7.93. The van der Waals surface area contributed by atoms with Crippen LogP contribution in [0, 0.1) is 0 Å². The number of rotatable bonds is 7. The molecule has 0 aromatic heterocycles. The van der Waals surface area contributed by atoms with E-state index in [0.29, 0.717) is 30.2 Å². The van der Waals surface area contributed by atoms with Gasteiger partial charge in [-0.3, -0.25) is 4.79 Å². The maximum absolute atomic E-state index is 12.0. The maximum Gasteiger partial charge on any atom is 0.226 e. The zero-order valence-corrected chi connectivity index (χ0v) is 14.6. The molecule has 0 saturated carbocycles. The molecule has 0 aliphatic carbocycles. The Bertz CT molecular complexity index is 659. The van der Waals surface area contributed by atoms with Gasteiger partial charge in [-0.2, -0.15) is 0 Å². The van der Waals surface area contributed by atoms with Crippen molar-refractivity contribution in [3.05, 3.63) is 46.9 Å². The van der Waals surface area contributed by atoms with Crippen LogP contribution in [-0.4, -0.2) is 26.7 Å². The van der Waals surface area contributed by atoms with Crippen molar-refractivity contribution in [1.29, 1.82) is 0 Å². The van der Waals surface area contributed by atoms with Gasteiger partial charge in [0.2, 0.25) is 5.91 Å². The van der Waals surface area contributed by atoms with Crippen molar-refractivity contribution < 1.29 is 14.3 Å². The summed E-state index contributed by atoms with van der Waals surface area (Å²) in [6.07, 6.45) is 0.352. The van der Waals surface area contributed by atoms with Crippen LogP contribution in [-0.2, 0) is 4.79 Å². The molecule has 2 N–H and O–H groups in total. The lowest BCUT2D eigenvalue weighted by molar-refractivity contribution is -0.116. The third-order valence-corrected chi connectivity index (χ3v) is 3.74. The van der Waals surface area contributed by atoms with Crippen molar-refractivity contribution in [3.63, 3.8) is 0 Å². The van der Waals surface area contributed by atoms with Crippen molar-refractivity contribution in [2.24, 2.45) is 0 Å². The van der Waals surface area contributed by atoms with Crippen molar-refractivity contribution in [1.82, 2.24) is 0 Å². The Morgan fingerprint density at radius 1 is 1.09 bits per heavy atom. The Balaban J connectivity index is 1.86. The zero-order valence-electron chi connectivity index (χ0n) is 13.1. The number of carbonyl (C=O) groups excluding carboxylic acids is 1. The molecule has 0 bridgehead atoms. The summed E-state index contributed by atoms with van der Waals surface area (Å²) >= 11 is 3.39. The molecule has 0 saturated heterocycles. The summed E-state index contributed by atoms with van der Waals surface area (Å²) in [5, 5.41) is 6.04. The molecule has 0 unspecified atom stereocenters. The van der Waals surface area contributed by atoms with Gasteiger partial charge in [0, 0.05) is 29.2 Å². The third-order valence-electron chi connectivity index (χ3n) is 3.21. The molecular formula is C17H19BrN2O3. The molecule has 0 spiro atoms. The van der Waals surface area contributed by atoms with Crippen LogP contribution in [0.1, 0.15) is 6.42 Å². The number of hydrogen-bond donors (Lipinski definition) is 2. The normalized spacial score (nSPS) is 10.0. The number of hydrogen-bond acceptors (Lipinski definition) is 4. The van der Waals surface area contributed by atoms with Gasteiger partial charge < -0.3 is 20.1 Å². The number of ether oxygens (including phenoxy) is 2. The SMILES string of the molecule is COc1ccc(NC(=O)CCNc2ccc(Br)cc2)c(OC)c1. The average molecular weight is 379 g/mol. The number of carbonyl (C=O) groups is 1. The fourth-order valence-corrected chi connectivity index (χ4v) is 2.27. The van der Waals surface area contributed by atoms with E-state index in [2.05, 4.69) is 26.6 Å². The van der Waals surface area contributed by atoms with Crippen LogP contribution < -0.4 is 20.1 Å². The Kier molecular flexibility index (Phi) is 6.29. The van der Waals surface area contributed by atoms with E-state index in [9.17, 15) is 4.79 Å². The molecule has 2 aromatic carbocycles. The summed E-state index contributed by atoms with van der Waals surface area (Å²) in [5.74, 6) is 1.16. The quantitative estimate of drug-likeness (QED) is 0.766. The second-order valence-corrected chi connectivity index (χ2v) is 5.71.